The molecule has 19 heavy (non-hydrogen) atoms. The second-order valence-corrected chi connectivity index (χ2v) is 6.02. The molecule has 2 unspecified atom stereocenters. The zero-order valence-electron chi connectivity index (χ0n) is 11.9. The molecule has 0 saturated heterocycles. The Morgan fingerprint density at radius 1 is 1.32 bits per heavy atom. The number of amides is 1. The van der Waals surface area contributed by atoms with Gasteiger partial charge in [-0.3, -0.25) is 4.79 Å². The molecule has 2 N–H and O–H groups in total. The van der Waals surface area contributed by atoms with Gasteiger partial charge in [-0.05, 0) is 38.5 Å². The van der Waals surface area contributed by atoms with Gasteiger partial charge in [-0.15, -0.1) is 0 Å². The first-order valence-corrected chi connectivity index (χ1v) is 7.74. The number of hydrogen-bond donors (Lipinski definition) is 2. The van der Waals surface area contributed by atoms with Crippen molar-refractivity contribution in [3.8, 4) is 0 Å². The van der Waals surface area contributed by atoms with E-state index in [9.17, 15) is 9.90 Å². The molecule has 0 aromatic carbocycles. The summed E-state index contributed by atoms with van der Waals surface area (Å²) >= 11 is 0. The van der Waals surface area contributed by atoms with Crippen LogP contribution in [0.15, 0.2) is 0 Å². The molecule has 0 heterocycles. The maximum atomic E-state index is 12.0. The highest BCUT2D eigenvalue weighted by Crippen LogP contribution is 2.33. The molecule has 4 heteroatoms. The van der Waals surface area contributed by atoms with Crippen LogP contribution < -0.4 is 5.32 Å². The molecule has 1 amide bonds. The van der Waals surface area contributed by atoms with E-state index >= 15 is 0 Å². The summed E-state index contributed by atoms with van der Waals surface area (Å²) in [6.45, 7) is 2.97. The van der Waals surface area contributed by atoms with Gasteiger partial charge in [0.05, 0.1) is 6.10 Å². The summed E-state index contributed by atoms with van der Waals surface area (Å²) in [4.78, 5) is 12.0. The first kappa shape index (κ1) is 14.8. The molecule has 0 radical (unpaired) electrons. The molecular formula is C15H27NO3. The monoisotopic (exact) mass is 269 g/mol. The van der Waals surface area contributed by atoms with Crippen LogP contribution in [-0.2, 0) is 9.53 Å². The minimum atomic E-state index is 0.158. The highest BCUT2D eigenvalue weighted by molar-refractivity contribution is 5.76. The predicted octanol–water partition coefficient (Wildman–Crippen LogP) is 1.86. The first-order chi connectivity index (χ1) is 9.22. The van der Waals surface area contributed by atoms with Gasteiger partial charge in [0, 0.05) is 31.6 Å². The Kier molecular flexibility index (Phi) is 5.64. The summed E-state index contributed by atoms with van der Waals surface area (Å²) in [6.07, 6.45) is 7.44. The maximum absolute atomic E-state index is 12.0. The van der Waals surface area contributed by atoms with Gasteiger partial charge < -0.3 is 15.2 Å². The van der Waals surface area contributed by atoms with Crippen molar-refractivity contribution in [1.82, 2.24) is 5.32 Å². The summed E-state index contributed by atoms with van der Waals surface area (Å²) in [5.74, 6) is 0.910. The molecule has 2 atom stereocenters. The van der Waals surface area contributed by atoms with Crippen molar-refractivity contribution in [2.24, 2.45) is 11.8 Å². The molecular weight excluding hydrogens is 242 g/mol. The Hall–Kier alpha value is -0.610. The Morgan fingerprint density at radius 2 is 2.05 bits per heavy atom. The van der Waals surface area contributed by atoms with Crippen LogP contribution in [0.2, 0.25) is 0 Å². The molecule has 2 aliphatic rings. The average Bonchev–Trinajstić information content (AvgIpc) is 2.37. The molecule has 0 aliphatic heterocycles. The third-order valence-corrected chi connectivity index (χ3v) is 4.56. The standard InChI is InChI=1S/C15H27NO3/c1-2-19-13-7-11(8-13)9-15(18)16-14-6-4-3-5-12(14)10-17/h11-14,17H,2-10H2,1H3,(H,16,18). The molecule has 0 aromatic heterocycles. The van der Waals surface area contributed by atoms with E-state index in [1.54, 1.807) is 0 Å². The van der Waals surface area contributed by atoms with Gasteiger partial charge in [0.15, 0.2) is 0 Å². The van der Waals surface area contributed by atoms with Crippen molar-refractivity contribution in [3.05, 3.63) is 0 Å². The van der Waals surface area contributed by atoms with Gasteiger partial charge in [0.25, 0.3) is 0 Å². The maximum Gasteiger partial charge on any atom is 0.220 e. The van der Waals surface area contributed by atoms with Crippen molar-refractivity contribution in [1.29, 1.82) is 0 Å². The van der Waals surface area contributed by atoms with Crippen LogP contribution in [0.4, 0.5) is 0 Å². The number of carbonyl (C=O) groups is 1. The number of carbonyl (C=O) groups excluding carboxylic acids is 1. The summed E-state index contributed by atoms with van der Waals surface area (Å²) in [6, 6.07) is 0.189. The second-order valence-electron chi connectivity index (χ2n) is 6.02. The minimum absolute atomic E-state index is 0.158. The minimum Gasteiger partial charge on any atom is -0.396 e. The highest BCUT2D eigenvalue weighted by atomic mass is 16.5. The van der Waals surface area contributed by atoms with Crippen LogP contribution in [0.1, 0.15) is 51.9 Å². The number of hydrogen-bond acceptors (Lipinski definition) is 3. The lowest BCUT2D eigenvalue weighted by molar-refractivity contribution is -0.125. The van der Waals surface area contributed by atoms with E-state index in [4.69, 9.17) is 4.74 Å². The number of rotatable bonds is 6. The van der Waals surface area contributed by atoms with Gasteiger partial charge in [0.1, 0.15) is 0 Å². The molecule has 0 aromatic rings. The molecule has 2 aliphatic carbocycles. The number of ether oxygens (including phenoxy) is 1. The SMILES string of the molecule is CCOC1CC(CC(=O)NC2CCCCC2CO)C1. The fourth-order valence-electron chi connectivity index (χ4n) is 3.36. The Bertz CT molecular complexity index is 289. The van der Waals surface area contributed by atoms with E-state index in [-0.39, 0.29) is 24.5 Å². The van der Waals surface area contributed by atoms with Crippen molar-refractivity contribution in [2.75, 3.05) is 13.2 Å². The average molecular weight is 269 g/mol. The van der Waals surface area contributed by atoms with E-state index in [1.807, 2.05) is 6.92 Å². The van der Waals surface area contributed by atoms with Crippen LogP contribution in [-0.4, -0.2) is 36.4 Å². The van der Waals surface area contributed by atoms with Crippen LogP contribution in [0, 0.1) is 11.8 Å². The lowest BCUT2D eigenvalue weighted by Gasteiger charge is -2.36. The Balaban J connectivity index is 1.67. The van der Waals surface area contributed by atoms with Gasteiger partial charge in [0.2, 0.25) is 5.91 Å². The molecule has 110 valence electrons. The summed E-state index contributed by atoms with van der Waals surface area (Å²) in [5.41, 5.74) is 0. The van der Waals surface area contributed by atoms with Gasteiger partial charge in [-0.2, -0.15) is 0 Å². The molecule has 2 fully saturated rings. The fourth-order valence-corrected chi connectivity index (χ4v) is 3.36. The summed E-state index contributed by atoms with van der Waals surface area (Å²) < 4.78 is 5.51. The number of aliphatic hydroxyl groups is 1. The predicted molar refractivity (Wildman–Crippen MR) is 73.7 cm³/mol. The van der Waals surface area contributed by atoms with E-state index in [1.165, 1.54) is 6.42 Å². The lowest BCUT2D eigenvalue weighted by Crippen LogP contribution is -2.45. The molecule has 2 saturated carbocycles. The van der Waals surface area contributed by atoms with E-state index in [0.717, 1.165) is 38.7 Å². The van der Waals surface area contributed by atoms with E-state index in [2.05, 4.69) is 5.32 Å². The second kappa shape index (κ2) is 7.25. The fraction of sp³-hybridized carbons (Fsp3) is 0.933. The third kappa shape index (κ3) is 4.18. The smallest absolute Gasteiger partial charge is 0.220 e. The van der Waals surface area contributed by atoms with E-state index < -0.39 is 0 Å². The highest BCUT2D eigenvalue weighted by Gasteiger charge is 2.32. The molecule has 4 nitrogen and oxygen atoms in total. The summed E-state index contributed by atoms with van der Waals surface area (Å²) in [7, 11) is 0. The Labute approximate surface area is 115 Å². The third-order valence-electron chi connectivity index (χ3n) is 4.56. The molecule has 0 bridgehead atoms. The lowest BCUT2D eigenvalue weighted by atomic mass is 9.79. The summed E-state index contributed by atoms with van der Waals surface area (Å²) in [5, 5.41) is 12.5. The van der Waals surface area contributed by atoms with Crippen molar-refractivity contribution < 1.29 is 14.6 Å². The Morgan fingerprint density at radius 3 is 2.74 bits per heavy atom. The van der Waals surface area contributed by atoms with E-state index in [0.29, 0.717) is 18.4 Å². The number of nitrogens with one attached hydrogen (secondary N) is 1. The normalized spacial score (nSPS) is 34.6. The quantitative estimate of drug-likeness (QED) is 0.774. The largest absolute Gasteiger partial charge is 0.396 e. The zero-order chi connectivity index (χ0) is 13.7. The van der Waals surface area contributed by atoms with Crippen LogP contribution >= 0.6 is 0 Å². The molecule has 2 rings (SSSR count). The van der Waals surface area contributed by atoms with Crippen molar-refractivity contribution in [3.63, 3.8) is 0 Å². The van der Waals surface area contributed by atoms with Gasteiger partial charge >= 0.3 is 0 Å². The van der Waals surface area contributed by atoms with Gasteiger partial charge in [-0.1, -0.05) is 12.8 Å². The van der Waals surface area contributed by atoms with Crippen LogP contribution in [0.25, 0.3) is 0 Å². The van der Waals surface area contributed by atoms with Crippen LogP contribution in [0.3, 0.4) is 0 Å². The zero-order valence-corrected chi connectivity index (χ0v) is 11.9. The van der Waals surface area contributed by atoms with Crippen molar-refractivity contribution in [2.45, 2.75) is 64.0 Å². The molecule has 0 spiro atoms. The van der Waals surface area contributed by atoms with Gasteiger partial charge in [-0.25, -0.2) is 0 Å². The first-order valence-electron chi connectivity index (χ1n) is 7.74. The topological polar surface area (TPSA) is 58.6 Å². The number of aliphatic hydroxyl groups excluding tert-OH is 1. The van der Waals surface area contributed by atoms with Crippen LogP contribution in [0.5, 0.6) is 0 Å². The van der Waals surface area contributed by atoms with Crippen molar-refractivity contribution >= 4 is 5.91 Å².